The highest BCUT2D eigenvalue weighted by Crippen LogP contribution is 2.33. The molecule has 35 heteroatoms. The number of ether oxygens (including phenoxy) is 2. The molecule has 34 nitrogen and oxygen atoms in total. The number of carbonyl (C=O) groups excluding carboxylic acids is 4. The van der Waals surface area contributed by atoms with Gasteiger partial charge in [-0.05, 0) is 152 Å². The van der Waals surface area contributed by atoms with E-state index in [0.717, 1.165) is 35.9 Å². The second-order valence-corrected chi connectivity index (χ2v) is 29.3. The number of alkyl halides is 1. The van der Waals surface area contributed by atoms with Gasteiger partial charge in [0.15, 0.2) is 11.6 Å². The molecule has 16 rings (SSSR count). The van der Waals surface area contributed by atoms with Gasteiger partial charge in [-0.2, -0.15) is 0 Å². The van der Waals surface area contributed by atoms with Crippen molar-refractivity contribution in [3.63, 3.8) is 0 Å². The Kier molecular flexibility index (Phi) is 28.7. The minimum atomic E-state index is -0.537. The summed E-state index contributed by atoms with van der Waals surface area (Å²) < 4.78 is 22.7. The molecule has 10 heterocycles. The van der Waals surface area contributed by atoms with Crippen molar-refractivity contribution in [2.24, 2.45) is 0 Å². The number of ketones is 2. The Labute approximate surface area is 691 Å². The quantitative estimate of drug-likeness (QED) is 0.0486. The first-order chi connectivity index (χ1) is 57.3. The van der Waals surface area contributed by atoms with Crippen LogP contribution in [0.4, 0.5) is 0 Å². The van der Waals surface area contributed by atoms with Crippen LogP contribution in [0, 0.1) is 49.5 Å². The van der Waals surface area contributed by atoms with Crippen LogP contribution in [0.25, 0.3) is 45.5 Å². The minimum Gasteiger partial charge on any atom is -0.694 e. The van der Waals surface area contributed by atoms with Crippen LogP contribution in [-0.2, 0) is 61.6 Å². The molecular weight excluding hydrogens is 1570 g/mol. The Balaban J connectivity index is 0.000000172. The molecular formula is C83H90BrN28O6-. The molecule has 12 aromatic rings. The van der Waals surface area contributed by atoms with Crippen LogP contribution in [-0.4, -0.2) is 202 Å². The lowest BCUT2D eigenvalue weighted by atomic mass is 9.87. The van der Waals surface area contributed by atoms with Crippen LogP contribution >= 0.6 is 15.9 Å². The zero-order valence-electron chi connectivity index (χ0n) is 66.8. The predicted molar refractivity (Wildman–Crippen MR) is 438 cm³/mol. The Bertz CT molecular complexity index is 5500. The largest absolute Gasteiger partial charge is 0.694 e. The first kappa shape index (κ1) is 84.1. The molecule has 4 aliphatic rings. The molecule has 0 spiro atoms. The van der Waals surface area contributed by atoms with Gasteiger partial charge in [-0.15, -0.1) is 53.6 Å². The van der Waals surface area contributed by atoms with Gasteiger partial charge in [0.2, 0.25) is 0 Å². The number of nitrogens with one attached hydrogen (secondary N) is 1. The lowest BCUT2D eigenvalue weighted by molar-refractivity contribution is 0.0512. The predicted octanol–water partition coefficient (Wildman–Crippen LogP) is 9.29. The fourth-order valence-electron chi connectivity index (χ4n) is 14.4. The zero-order chi connectivity index (χ0) is 83.2. The third-order valence-electron chi connectivity index (χ3n) is 19.8. The molecule has 0 atom stereocenters. The summed E-state index contributed by atoms with van der Waals surface area (Å²) in [7, 11) is 2.65. The third-order valence-corrected chi connectivity index (χ3v) is 20.2. The van der Waals surface area contributed by atoms with Crippen molar-refractivity contribution >= 4 is 39.4 Å². The van der Waals surface area contributed by atoms with Crippen LogP contribution in [0.5, 0.6) is 0 Å². The number of nitrogens with zero attached hydrogens (tertiary/aromatic N) is 27. The van der Waals surface area contributed by atoms with Crippen molar-refractivity contribution in [2.75, 3.05) is 26.1 Å². The van der Waals surface area contributed by atoms with Gasteiger partial charge >= 0.3 is 11.9 Å². The highest BCUT2D eigenvalue weighted by Gasteiger charge is 2.31. The van der Waals surface area contributed by atoms with Crippen molar-refractivity contribution in [1.82, 2.24) is 140 Å². The molecule has 0 radical (unpaired) electrons. The summed E-state index contributed by atoms with van der Waals surface area (Å²) in [4.78, 5) is 56.6. The number of esters is 2. The summed E-state index contributed by atoms with van der Waals surface area (Å²) in [6.07, 6.45) is 53.3. The second-order valence-electron chi connectivity index (χ2n) is 28.8. The van der Waals surface area contributed by atoms with E-state index in [0.29, 0.717) is 147 Å². The van der Waals surface area contributed by atoms with Crippen LogP contribution in [0.1, 0.15) is 192 Å². The lowest BCUT2D eigenvalue weighted by Gasteiger charge is -2.44. The highest BCUT2D eigenvalue weighted by molar-refractivity contribution is 9.09. The van der Waals surface area contributed by atoms with Gasteiger partial charge in [0.1, 0.15) is 11.4 Å². The van der Waals surface area contributed by atoms with Gasteiger partial charge in [0.25, 0.3) is 0 Å². The number of terminal acetylenes is 3. The standard InChI is InChI=1S/C33H28N14O3.C29H27N13O3.C15H29N.C3H3Br.C3H3/c1-5-7-43-16-27-20-45(40-36-27)30-9-23(22(3)48)8-29(12-30)44-18-25(34-38-44)14-42(6-2)15-26-19-46(39-35-26)31-10-24(33(49)50-4)11-32(13-31)47-21-28(17-43)37-41-47;1-18(43)19-6-25-10-26(7-19)41-16-23(33-37-41)12-30-13-24-17-42(38-34-24)28-9-20(29(44)45-2)8-27(11-28)40-15-22(32-36-40)5-3-4-21-14-39(25)35-31-21;1-13(2)16(14-9-5-3-6-10-14)15-11-7-4-8-12-15;1-2-3-4;1-3-2/h1-2,8-13,18-21H,7,14-17H2,3-4H3;6-11,14-17,30H,3-5,12-13H2,1-2H3;13-15H,3-12H2,1-2H3;1H,3H2;1H3/q;;;;-1. The van der Waals surface area contributed by atoms with Crippen LogP contribution in [0.15, 0.2) is 122 Å². The Morgan fingerprint density at radius 2 is 0.729 bits per heavy atom. The van der Waals surface area contributed by atoms with Crippen molar-refractivity contribution in [3.05, 3.63) is 197 Å². The fourth-order valence-corrected chi connectivity index (χ4v) is 14.4. The number of Topliss-reactive ketones (excluding diaryl/α,β-unsaturated/α-hetero) is 2. The average Bonchev–Trinajstić information content (AvgIpc) is 1.63. The van der Waals surface area contributed by atoms with Crippen LogP contribution in [0.2, 0.25) is 0 Å². The normalized spacial score (nSPS) is 14.3. The van der Waals surface area contributed by atoms with E-state index in [1.807, 2.05) is 41.4 Å². The molecule has 1 N–H and O–H groups in total. The molecule has 2 saturated carbocycles. The Hall–Kier alpha value is -13.3. The number of aromatic nitrogens is 24. The summed E-state index contributed by atoms with van der Waals surface area (Å²) in [5.41, 5.74) is 11.8. The van der Waals surface area contributed by atoms with Gasteiger partial charge in [-0.3, -0.25) is 19.4 Å². The van der Waals surface area contributed by atoms with Crippen LogP contribution in [0.3, 0.4) is 0 Å². The molecule has 118 heavy (non-hydrogen) atoms. The molecule has 2 fully saturated rings. The van der Waals surface area contributed by atoms with Gasteiger partial charge < -0.3 is 32.0 Å². The molecule has 2 aliphatic heterocycles. The zero-order valence-corrected chi connectivity index (χ0v) is 68.3. The summed E-state index contributed by atoms with van der Waals surface area (Å²) >= 11 is 3.01. The fraction of sp³-hybridized carbons (Fsp3) is 0.373. The van der Waals surface area contributed by atoms with Gasteiger partial charge in [-0.25, -0.2) is 47.0 Å². The average molecular weight is 1660 g/mol. The molecule has 8 aromatic heterocycles. The van der Waals surface area contributed by atoms with E-state index in [1.165, 1.54) is 97.0 Å². The van der Waals surface area contributed by atoms with E-state index >= 15 is 0 Å². The van der Waals surface area contributed by atoms with E-state index in [-0.39, 0.29) is 30.2 Å². The van der Waals surface area contributed by atoms with Crippen LogP contribution < -0.4 is 5.32 Å². The maximum absolute atomic E-state index is 12.7. The number of hydrogen-bond donors (Lipinski definition) is 1. The third kappa shape index (κ3) is 21.8. The summed E-state index contributed by atoms with van der Waals surface area (Å²) in [6, 6.07) is 26.3. The Morgan fingerprint density at radius 3 is 1.01 bits per heavy atom. The van der Waals surface area contributed by atoms with Gasteiger partial charge in [0.05, 0.1) is 180 Å². The van der Waals surface area contributed by atoms with E-state index in [4.69, 9.17) is 35.2 Å². The first-order valence-corrected chi connectivity index (χ1v) is 39.7. The molecule has 24 bridgehead atoms. The molecule has 0 amide bonds. The van der Waals surface area contributed by atoms with Gasteiger partial charge in [-0.1, -0.05) is 114 Å². The first-order valence-electron chi connectivity index (χ1n) is 38.6. The lowest BCUT2D eigenvalue weighted by Crippen LogP contribution is -2.48. The smallest absolute Gasteiger partial charge is 0.338 e. The number of benzene rings is 4. The van der Waals surface area contributed by atoms with Crippen molar-refractivity contribution in [3.8, 4) is 88.6 Å². The van der Waals surface area contributed by atoms with Gasteiger partial charge in [0, 0.05) is 61.5 Å². The number of rotatable bonds is 8. The number of fused-ring (bicyclic) bond motifs is 32. The maximum Gasteiger partial charge on any atom is 0.338 e. The van der Waals surface area contributed by atoms with Crippen molar-refractivity contribution in [2.45, 2.75) is 175 Å². The molecule has 606 valence electrons. The van der Waals surface area contributed by atoms with Crippen molar-refractivity contribution in [1.29, 1.82) is 0 Å². The topological polar surface area (TPSA) is 354 Å². The highest BCUT2D eigenvalue weighted by atomic mass is 79.9. The number of hydrogen-bond acceptors (Lipinski definition) is 26. The Morgan fingerprint density at radius 1 is 0.449 bits per heavy atom. The minimum absolute atomic E-state index is 0.0811. The maximum atomic E-state index is 12.7. The monoisotopic (exact) mass is 1650 g/mol. The number of carbonyl (C=O) groups is 4. The van der Waals surface area contributed by atoms with E-state index in [2.05, 4.69) is 140 Å². The van der Waals surface area contributed by atoms with E-state index < -0.39 is 11.9 Å². The summed E-state index contributed by atoms with van der Waals surface area (Å²) in [6.45, 7) is 11.7. The SMILES string of the molecule is C#CCBr.C#CCN1Cc2cn(nn2)-c2cc(C(C)=O)cc(c2)-n2cc(nn2)CN(C#C)Cc2cn(nn2)-c2cc(C(=O)OC)cc(c2)-n2cc(nn2)C1.CC(C)N(C1CCCCC1)C1CCCCC1.COC(=O)c1cc2cc(c1)-n1cc(nn1)CNCc1cn(nn1)-c1cc(C(C)=O)cc(c1)-n1cc(nn1)CCCc1cn-2nn1.[C-]#CC. The summed E-state index contributed by atoms with van der Waals surface area (Å²) in [5, 5.41) is 73.0. The number of aryl methyl sites for hydroxylation is 2. The van der Waals surface area contributed by atoms with Crippen molar-refractivity contribution < 1.29 is 28.7 Å². The van der Waals surface area contributed by atoms with E-state index in [1.54, 1.807) is 136 Å². The molecule has 0 unspecified atom stereocenters. The molecule has 0 saturated heterocycles. The summed E-state index contributed by atoms with van der Waals surface area (Å²) in [5.74, 6) is 5.80. The second kappa shape index (κ2) is 40.3. The number of methoxy groups -OCH3 is 2. The number of halogens is 1. The molecule has 4 aromatic carbocycles. The molecule has 2 aliphatic carbocycles. The van der Waals surface area contributed by atoms with E-state index in [9.17, 15) is 19.2 Å².